The summed E-state index contributed by atoms with van der Waals surface area (Å²) in [6, 6.07) is 22.7. The van der Waals surface area contributed by atoms with Gasteiger partial charge in [0.05, 0.1) is 11.9 Å². The second-order valence-electron chi connectivity index (χ2n) is 6.86. The minimum Gasteiger partial charge on any atom is -0.324 e. The van der Waals surface area contributed by atoms with Crippen LogP contribution in [0.4, 0.5) is 11.4 Å². The van der Waals surface area contributed by atoms with E-state index >= 15 is 0 Å². The molecule has 0 aliphatic carbocycles. The molecular weight excluding hydrogens is 420 g/mol. The lowest BCUT2D eigenvalue weighted by Gasteiger charge is -2.30. The van der Waals surface area contributed by atoms with Crippen molar-refractivity contribution < 1.29 is 13.2 Å². The number of benzene rings is 3. The van der Waals surface area contributed by atoms with Gasteiger partial charge in [0.1, 0.15) is 6.04 Å². The molecule has 7 heteroatoms. The number of hydrogen-bond acceptors (Lipinski definition) is 3. The highest BCUT2D eigenvalue weighted by Crippen LogP contribution is 2.29. The lowest BCUT2D eigenvalue weighted by atomic mass is 10.0. The Balaban J connectivity index is 1.97. The van der Waals surface area contributed by atoms with Gasteiger partial charge in [-0.15, -0.1) is 0 Å². The van der Waals surface area contributed by atoms with Gasteiger partial charge in [-0.25, -0.2) is 8.42 Å². The highest BCUT2D eigenvalue weighted by Gasteiger charge is 2.32. The van der Waals surface area contributed by atoms with Gasteiger partial charge < -0.3 is 5.32 Å². The van der Waals surface area contributed by atoms with Gasteiger partial charge in [-0.05, 0) is 36.2 Å². The third-order valence-corrected chi connectivity index (χ3v) is 6.08. The summed E-state index contributed by atoms with van der Waals surface area (Å²) in [6.45, 7) is 1.77. The van der Waals surface area contributed by atoms with Crippen molar-refractivity contribution in [2.75, 3.05) is 15.9 Å². The predicted octanol–water partition coefficient (Wildman–Crippen LogP) is 5.19. The molecule has 1 amide bonds. The second-order valence-corrected chi connectivity index (χ2v) is 9.16. The van der Waals surface area contributed by atoms with E-state index in [9.17, 15) is 13.2 Å². The zero-order valence-corrected chi connectivity index (χ0v) is 18.3. The van der Waals surface area contributed by atoms with Crippen LogP contribution in [-0.2, 0) is 14.8 Å². The van der Waals surface area contributed by atoms with E-state index in [-0.39, 0.29) is 0 Å². The molecule has 0 saturated carbocycles. The fourth-order valence-electron chi connectivity index (χ4n) is 3.35. The van der Waals surface area contributed by atoms with E-state index in [1.807, 2.05) is 48.5 Å². The number of carbonyl (C=O) groups excluding carboxylic acids is 1. The Morgan fingerprint density at radius 1 is 1.00 bits per heavy atom. The maximum absolute atomic E-state index is 13.2. The first-order chi connectivity index (χ1) is 14.3. The maximum Gasteiger partial charge on any atom is 0.248 e. The minimum absolute atomic E-state index is 0.291. The first-order valence-electron chi connectivity index (χ1n) is 9.51. The molecule has 0 unspecified atom stereocenters. The van der Waals surface area contributed by atoms with Crippen LogP contribution < -0.4 is 9.62 Å². The number of halogens is 1. The smallest absolute Gasteiger partial charge is 0.248 e. The number of anilines is 2. The Labute approximate surface area is 182 Å². The zero-order chi connectivity index (χ0) is 21.7. The van der Waals surface area contributed by atoms with Crippen LogP contribution in [-0.4, -0.2) is 26.6 Å². The molecule has 3 aromatic carbocycles. The van der Waals surface area contributed by atoms with Crippen molar-refractivity contribution in [1.29, 1.82) is 0 Å². The minimum atomic E-state index is -3.73. The van der Waals surface area contributed by atoms with Crippen molar-refractivity contribution in [2.45, 2.75) is 19.4 Å². The Hall–Kier alpha value is -2.83. The lowest BCUT2D eigenvalue weighted by Crippen LogP contribution is -2.47. The van der Waals surface area contributed by atoms with E-state index in [0.29, 0.717) is 22.8 Å². The molecule has 0 radical (unpaired) electrons. The fourth-order valence-corrected chi connectivity index (χ4v) is 4.74. The summed E-state index contributed by atoms with van der Waals surface area (Å²) < 4.78 is 26.3. The first-order valence-corrected chi connectivity index (χ1v) is 11.7. The number of rotatable bonds is 7. The van der Waals surface area contributed by atoms with Crippen LogP contribution in [0.5, 0.6) is 0 Å². The zero-order valence-electron chi connectivity index (χ0n) is 16.7. The van der Waals surface area contributed by atoms with Crippen molar-refractivity contribution >= 4 is 38.9 Å². The normalized spacial score (nSPS) is 12.2. The van der Waals surface area contributed by atoms with Gasteiger partial charge in [0.25, 0.3) is 0 Å². The summed E-state index contributed by atoms with van der Waals surface area (Å²) in [7, 11) is -3.73. The van der Waals surface area contributed by atoms with Crippen LogP contribution in [0, 0.1) is 0 Å². The second kappa shape index (κ2) is 9.32. The molecule has 5 nitrogen and oxygen atoms in total. The van der Waals surface area contributed by atoms with E-state index < -0.39 is 22.0 Å². The molecule has 0 spiro atoms. The Bertz CT molecular complexity index is 1130. The third kappa shape index (κ3) is 5.01. The van der Waals surface area contributed by atoms with Crippen LogP contribution in [0.2, 0.25) is 5.02 Å². The van der Waals surface area contributed by atoms with Gasteiger partial charge in [0, 0.05) is 16.3 Å². The average molecular weight is 443 g/mol. The number of nitrogens with one attached hydrogen (secondary N) is 1. The molecule has 3 aromatic rings. The predicted molar refractivity (Wildman–Crippen MR) is 123 cm³/mol. The maximum atomic E-state index is 13.2. The number of amides is 1. The fraction of sp³-hybridized carbons (Fsp3) is 0.174. The van der Waals surface area contributed by atoms with Gasteiger partial charge in [-0.3, -0.25) is 9.10 Å². The molecule has 1 atom stereocenters. The summed E-state index contributed by atoms with van der Waals surface area (Å²) in [5.74, 6) is -0.411. The molecule has 3 rings (SSSR count). The summed E-state index contributed by atoms with van der Waals surface area (Å²) in [6.07, 6.45) is 1.38. The van der Waals surface area contributed by atoms with Crippen molar-refractivity contribution in [3.05, 3.63) is 83.9 Å². The molecule has 30 heavy (non-hydrogen) atoms. The summed E-state index contributed by atoms with van der Waals surface area (Å²) >= 11 is 6.06. The summed E-state index contributed by atoms with van der Waals surface area (Å²) in [5.41, 5.74) is 2.78. The molecule has 0 bridgehead atoms. The van der Waals surface area contributed by atoms with Gasteiger partial charge in [-0.1, -0.05) is 73.1 Å². The van der Waals surface area contributed by atoms with Crippen LogP contribution in [0.25, 0.3) is 11.1 Å². The standard InChI is InChI=1S/C23H23ClN2O3S/c1-3-22(26(30(2,28)29)19-13-9-12-18(24)16-19)23(27)25-21-15-8-7-14-20(21)17-10-5-4-6-11-17/h4-16,22H,3H2,1-2H3,(H,25,27)/t22-/m0/s1. The molecule has 0 fully saturated rings. The van der Waals surface area contributed by atoms with Gasteiger partial charge in [0.15, 0.2) is 0 Å². The summed E-state index contributed by atoms with van der Waals surface area (Å²) in [4.78, 5) is 13.2. The van der Waals surface area contributed by atoms with E-state index in [1.165, 1.54) is 6.07 Å². The topological polar surface area (TPSA) is 66.5 Å². The molecule has 0 saturated heterocycles. The van der Waals surface area contributed by atoms with E-state index in [2.05, 4.69) is 5.32 Å². The first kappa shape index (κ1) is 21.9. The Kier molecular flexibility index (Phi) is 6.80. The molecule has 0 heterocycles. The molecular formula is C23H23ClN2O3S. The van der Waals surface area contributed by atoms with Crippen LogP contribution >= 0.6 is 11.6 Å². The quantitative estimate of drug-likeness (QED) is 0.547. The largest absolute Gasteiger partial charge is 0.324 e. The van der Waals surface area contributed by atoms with Crippen LogP contribution in [0.15, 0.2) is 78.9 Å². The Morgan fingerprint density at radius 2 is 1.67 bits per heavy atom. The lowest BCUT2D eigenvalue weighted by molar-refractivity contribution is -0.117. The Morgan fingerprint density at radius 3 is 2.30 bits per heavy atom. The number of hydrogen-bond donors (Lipinski definition) is 1. The highest BCUT2D eigenvalue weighted by atomic mass is 35.5. The van der Waals surface area contributed by atoms with E-state index in [0.717, 1.165) is 21.7 Å². The molecule has 0 aliphatic rings. The summed E-state index contributed by atoms with van der Waals surface area (Å²) in [5, 5.41) is 3.31. The SMILES string of the molecule is CC[C@@H](C(=O)Nc1ccccc1-c1ccccc1)N(c1cccc(Cl)c1)S(C)(=O)=O. The van der Waals surface area contributed by atoms with Crippen LogP contribution in [0.3, 0.4) is 0 Å². The average Bonchev–Trinajstić information content (AvgIpc) is 2.72. The monoisotopic (exact) mass is 442 g/mol. The van der Waals surface area contributed by atoms with Crippen molar-refractivity contribution in [3.8, 4) is 11.1 Å². The van der Waals surface area contributed by atoms with Crippen LogP contribution in [0.1, 0.15) is 13.3 Å². The number of sulfonamides is 1. The molecule has 0 aliphatic heterocycles. The van der Waals surface area contributed by atoms with E-state index in [4.69, 9.17) is 11.6 Å². The van der Waals surface area contributed by atoms with Crippen molar-refractivity contribution in [3.63, 3.8) is 0 Å². The number of carbonyl (C=O) groups is 1. The highest BCUT2D eigenvalue weighted by molar-refractivity contribution is 7.92. The van der Waals surface area contributed by atoms with Gasteiger partial charge in [-0.2, -0.15) is 0 Å². The third-order valence-electron chi connectivity index (χ3n) is 4.66. The molecule has 0 aromatic heterocycles. The number of para-hydroxylation sites is 1. The van der Waals surface area contributed by atoms with Crippen molar-refractivity contribution in [2.24, 2.45) is 0 Å². The number of nitrogens with zero attached hydrogens (tertiary/aromatic N) is 1. The van der Waals surface area contributed by atoms with E-state index in [1.54, 1.807) is 31.2 Å². The van der Waals surface area contributed by atoms with Crippen molar-refractivity contribution in [1.82, 2.24) is 0 Å². The molecule has 1 N–H and O–H groups in total. The molecule has 156 valence electrons. The van der Waals surface area contributed by atoms with Gasteiger partial charge >= 0.3 is 0 Å². The van der Waals surface area contributed by atoms with Gasteiger partial charge in [0.2, 0.25) is 15.9 Å².